The Morgan fingerprint density at radius 1 is 0.842 bits per heavy atom. The minimum absolute atomic E-state index is 0.0968. The molecule has 2 rings (SSSR count). The van der Waals surface area contributed by atoms with Gasteiger partial charge in [0.1, 0.15) is 6.10 Å². The van der Waals surface area contributed by atoms with Crippen molar-refractivity contribution in [1.29, 1.82) is 0 Å². The maximum atomic E-state index is 12.1. The molecule has 2 aliphatic carbocycles. The van der Waals surface area contributed by atoms with Gasteiger partial charge in [0.05, 0.1) is 18.9 Å². The van der Waals surface area contributed by atoms with Crippen molar-refractivity contribution in [3.8, 4) is 0 Å². The first kappa shape index (κ1) is 14.4. The number of rotatable bonds is 3. The van der Waals surface area contributed by atoms with E-state index in [1.807, 2.05) is 0 Å². The Bertz CT molecular complexity index is 320. The molecule has 0 aromatic rings. The monoisotopic (exact) mass is 268 g/mol. The summed E-state index contributed by atoms with van der Waals surface area (Å²) in [7, 11) is 1.41. The van der Waals surface area contributed by atoms with E-state index in [0.29, 0.717) is 6.42 Å². The molecule has 19 heavy (non-hydrogen) atoms. The van der Waals surface area contributed by atoms with E-state index in [0.717, 1.165) is 44.9 Å². The fourth-order valence-corrected chi connectivity index (χ4v) is 3.23. The van der Waals surface area contributed by atoms with Gasteiger partial charge in [0.15, 0.2) is 0 Å². The molecular weight excluding hydrogens is 244 g/mol. The number of esters is 2. The molecule has 0 aliphatic heterocycles. The van der Waals surface area contributed by atoms with Gasteiger partial charge in [0, 0.05) is 0 Å². The Morgan fingerprint density at radius 2 is 1.47 bits per heavy atom. The molecule has 2 aliphatic rings. The molecular formula is C15H24O4. The zero-order valence-electron chi connectivity index (χ0n) is 11.7. The van der Waals surface area contributed by atoms with Crippen LogP contribution in [0.15, 0.2) is 0 Å². The second-order valence-corrected chi connectivity index (χ2v) is 5.78. The zero-order chi connectivity index (χ0) is 13.7. The fraction of sp³-hybridized carbons (Fsp3) is 0.867. The van der Waals surface area contributed by atoms with Gasteiger partial charge in [0.25, 0.3) is 0 Å². The average Bonchev–Trinajstić information content (AvgIpc) is 2.47. The molecule has 2 atom stereocenters. The van der Waals surface area contributed by atoms with Crippen LogP contribution in [0.3, 0.4) is 0 Å². The average molecular weight is 268 g/mol. The highest BCUT2D eigenvalue weighted by molar-refractivity contribution is 5.76. The van der Waals surface area contributed by atoms with Gasteiger partial charge in [-0.25, -0.2) is 0 Å². The van der Waals surface area contributed by atoms with Crippen molar-refractivity contribution in [1.82, 2.24) is 0 Å². The van der Waals surface area contributed by atoms with Crippen LogP contribution in [0.1, 0.15) is 57.8 Å². The van der Waals surface area contributed by atoms with Crippen molar-refractivity contribution >= 4 is 11.9 Å². The van der Waals surface area contributed by atoms with Gasteiger partial charge in [-0.15, -0.1) is 0 Å². The topological polar surface area (TPSA) is 52.6 Å². The molecule has 0 N–H and O–H groups in total. The van der Waals surface area contributed by atoms with Crippen molar-refractivity contribution < 1.29 is 19.1 Å². The first-order valence-electron chi connectivity index (χ1n) is 7.49. The fourth-order valence-electron chi connectivity index (χ4n) is 3.23. The summed E-state index contributed by atoms with van der Waals surface area (Å²) in [6.07, 6.45) is 8.86. The normalized spacial score (nSPS) is 28.7. The van der Waals surface area contributed by atoms with Gasteiger partial charge in [-0.3, -0.25) is 9.59 Å². The number of carbonyl (C=O) groups is 2. The third kappa shape index (κ3) is 3.95. The molecule has 2 fully saturated rings. The minimum Gasteiger partial charge on any atom is -0.469 e. The van der Waals surface area contributed by atoms with Crippen LogP contribution in [-0.4, -0.2) is 25.2 Å². The number of hydrogen-bond donors (Lipinski definition) is 0. The lowest BCUT2D eigenvalue weighted by atomic mass is 9.81. The Labute approximate surface area is 114 Å². The van der Waals surface area contributed by atoms with Crippen LogP contribution in [0.4, 0.5) is 0 Å². The summed E-state index contributed by atoms with van der Waals surface area (Å²) < 4.78 is 10.4. The summed E-state index contributed by atoms with van der Waals surface area (Å²) in [6, 6.07) is 0. The Hall–Kier alpha value is -1.06. The Kier molecular flexibility index (Phi) is 5.23. The summed E-state index contributed by atoms with van der Waals surface area (Å²) in [5.41, 5.74) is 0. The number of methoxy groups -OCH3 is 1. The van der Waals surface area contributed by atoms with Crippen molar-refractivity contribution in [3.63, 3.8) is 0 Å². The van der Waals surface area contributed by atoms with E-state index in [1.165, 1.54) is 13.5 Å². The summed E-state index contributed by atoms with van der Waals surface area (Å²) in [5.74, 6) is -0.516. The predicted molar refractivity (Wildman–Crippen MR) is 70.4 cm³/mol. The van der Waals surface area contributed by atoms with Gasteiger partial charge in [0.2, 0.25) is 0 Å². The predicted octanol–water partition coefficient (Wildman–Crippen LogP) is 2.84. The summed E-state index contributed by atoms with van der Waals surface area (Å²) in [4.78, 5) is 23.7. The SMILES string of the molecule is COC(=O)C1CCCC(C(=O)OC2CCCCC2)C1. The van der Waals surface area contributed by atoms with Crippen LogP contribution < -0.4 is 0 Å². The minimum atomic E-state index is -0.185. The van der Waals surface area contributed by atoms with Crippen molar-refractivity contribution in [2.75, 3.05) is 7.11 Å². The highest BCUT2D eigenvalue weighted by atomic mass is 16.5. The lowest BCUT2D eigenvalue weighted by Crippen LogP contribution is -2.32. The van der Waals surface area contributed by atoms with Crippen molar-refractivity contribution in [3.05, 3.63) is 0 Å². The maximum absolute atomic E-state index is 12.1. The largest absolute Gasteiger partial charge is 0.469 e. The summed E-state index contributed by atoms with van der Waals surface area (Å²) >= 11 is 0. The van der Waals surface area contributed by atoms with Crippen molar-refractivity contribution in [2.45, 2.75) is 63.9 Å². The van der Waals surface area contributed by atoms with E-state index in [1.54, 1.807) is 0 Å². The van der Waals surface area contributed by atoms with Crippen LogP contribution >= 0.6 is 0 Å². The van der Waals surface area contributed by atoms with Crippen LogP contribution in [0.25, 0.3) is 0 Å². The van der Waals surface area contributed by atoms with E-state index in [9.17, 15) is 9.59 Å². The summed E-state index contributed by atoms with van der Waals surface area (Å²) in [6.45, 7) is 0. The van der Waals surface area contributed by atoms with Gasteiger partial charge in [-0.2, -0.15) is 0 Å². The van der Waals surface area contributed by atoms with Gasteiger partial charge in [-0.1, -0.05) is 12.8 Å². The second kappa shape index (κ2) is 6.92. The quantitative estimate of drug-likeness (QED) is 0.739. The third-order valence-corrected chi connectivity index (χ3v) is 4.38. The van der Waals surface area contributed by atoms with Gasteiger partial charge >= 0.3 is 11.9 Å². The number of hydrogen-bond acceptors (Lipinski definition) is 4. The molecule has 2 unspecified atom stereocenters. The van der Waals surface area contributed by atoms with Crippen LogP contribution in [0, 0.1) is 11.8 Å². The molecule has 0 amide bonds. The summed E-state index contributed by atoms with van der Waals surface area (Å²) in [5, 5.41) is 0. The molecule has 0 heterocycles. The maximum Gasteiger partial charge on any atom is 0.309 e. The van der Waals surface area contributed by atoms with Gasteiger partial charge in [-0.05, 0) is 44.9 Å². The molecule has 108 valence electrons. The number of ether oxygens (including phenoxy) is 2. The Balaban J connectivity index is 1.82. The molecule has 0 aromatic carbocycles. The van der Waals surface area contributed by atoms with Crippen LogP contribution in [0.5, 0.6) is 0 Å². The molecule has 4 heteroatoms. The Morgan fingerprint density at radius 3 is 2.11 bits per heavy atom. The highest BCUT2D eigenvalue weighted by Crippen LogP contribution is 2.32. The molecule has 0 radical (unpaired) electrons. The first-order chi connectivity index (χ1) is 9.20. The van der Waals surface area contributed by atoms with Crippen molar-refractivity contribution in [2.24, 2.45) is 11.8 Å². The van der Waals surface area contributed by atoms with E-state index in [4.69, 9.17) is 9.47 Å². The first-order valence-corrected chi connectivity index (χ1v) is 7.49. The van der Waals surface area contributed by atoms with Crippen LogP contribution in [0.2, 0.25) is 0 Å². The molecule has 2 saturated carbocycles. The molecule has 0 aromatic heterocycles. The zero-order valence-corrected chi connectivity index (χ0v) is 11.7. The molecule has 0 spiro atoms. The molecule has 0 bridgehead atoms. The lowest BCUT2D eigenvalue weighted by Gasteiger charge is -2.29. The highest BCUT2D eigenvalue weighted by Gasteiger charge is 2.33. The molecule has 0 saturated heterocycles. The lowest BCUT2D eigenvalue weighted by molar-refractivity contribution is -0.159. The van der Waals surface area contributed by atoms with E-state index >= 15 is 0 Å². The molecule has 4 nitrogen and oxygen atoms in total. The standard InChI is InChI=1S/C15H24O4/c1-18-14(16)11-6-5-7-12(10-11)15(17)19-13-8-3-2-4-9-13/h11-13H,2-10H2,1H3. The van der Waals surface area contributed by atoms with Crippen LogP contribution in [-0.2, 0) is 19.1 Å². The third-order valence-electron chi connectivity index (χ3n) is 4.38. The smallest absolute Gasteiger partial charge is 0.309 e. The van der Waals surface area contributed by atoms with E-state index in [2.05, 4.69) is 0 Å². The van der Waals surface area contributed by atoms with Gasteiger partial charge < -0.3 is 9.47 Å². The van der Waals surface area contributed by atoms with E-state index < -0.39 is 0 Å². The second-order valence-electron chi connectivity index (χ2n) is 5.78. The number of carbonyl (C=O) groups excluding carboxylic acids is 2. The van der Waals surface area contributed by atoms with E-state index in [-0.39, 0.29) is 29.9 Å².